The minimum atomic E-state index is -0.742. The number of fused-ring (bicyclic) bond motifs is 5. The quantitative estimate of drug-likeness (QED) is 0.521. The molecule has 3 fully saturated rings. The maximum Gasteiger partial charge on any atom is 0.0833 e. The number of allylic oxidation sites excluding steroid dienone is 4. The maximum atomic E-state index is 11.6. The molecule has 0 heterocycles. The first-order valence-electron chi connectivity index (χ1n) is 12.5. The van der Waals surface area contributed by atoms with Crippen LogP contribution >= 0.6 is 0 Å². The number of rotatable bonds is 4. The van der Waals surface area contributed by atoms with Crippen LogP contribution in [0.2, 0.25) is 0 Å². The highest BCUT2D eigenvalue weighted by Gasteiger charge is 2.59. The van der Waals surface area contributed by atoms with Crippen LogP contribution in [0.3, 0.4) is 0 Å². The Morgan fingerprint density at radius 1 is 1.03 bits per heavy atom. The molecule has 0 aliphatic heterocycles. The van der Waals surface area contributed by atoms with Crippen molar-refractivity contribution in [1.82, 2.24) is 0 Å². The summed E-state index contributed by atoms with van der Waals surface area (Å²) in [6.07, 6.45) is 16.7. The van der Waals surface area contributed by atoms with Crippen molar-refractivity contribution >= 4 is 0 Å². The van der Waals surface area contributed by atoms with Gasteiger partial charge >= 0.3 is 0 Å². The van der Waals surface area contributed by atoms with Gasteiger partial charge in [0.2, 0.25) is 0 Å². The molecule has 168 valence electrons. The molecule has 3 saturated carbocycles. The smallest absolute Gasteiger partial charge is 0.0833 e. The van der Waals surface area contributed by atoms with E-state index in [0.29, 0.717) is 29.6 Å². The Morgan fingerprint density at radius 2 is 1.77 bits per heavy atom. The molecule has 0 unspecified atom stereocenters. The van der Waals surface area contributed by atoms with Crippen molar-refractivity contribution in [2.75, 3.05) is 0 Å². The lowest BCUT2D eigenvalue weighted by Crippen LogP contribution is -2.49. The first-order chi connectivity index (χ1) is 14.0. The summed E-state index contributed by atoms with van der Waals surface area (Å²) in [5.41, 5.74) is 2.80. The van der Waals surface area contributed by atoms with Crippen molar-refractivity contribution < 1.29 is 10.2 Å². The fourth-order valence-electron chi connectivity index (χ4n) is 7.63. The van der Waals surface area contributed by atoms with E-state index in [9.17, 15) is 10.2 Å². The van der Waals surface area contributed by atoms with Crippen molar-refractivity contribution in [1.29, 1.82) is 0 Å². The Balaban J connectivity index is 1.61. The largest absolute Gasteiger partial charge is 0.393 e. The van der Waals surface area contributed by atoms with Gasteiger partial charge in [-0.1, -0.05) is 70.1 Å². The summed E-state index contributed by atoms with van der Waals surface area (Å²) in [6.45, 7) is 13.7. The molecule has 4 aliphatic carbocycles. The molecule has 0 aromatic carbocycles. The Hall–Kier alpha value is -0.860. The predicted octanol–water partition coefficient (Wildman–Crippen LogP) is 6.45. The summed E-state index contributed by atoms with van der Waals surface area (Å²) in [4.78, 5) is 0. The second kappa shape index (κ2) is 7.62. The third kappa shape index (κ3) is 3.47. The Morgan fingerprint density at radius 3 is 2.47 bits per heavy atom. The maximum absolute atomic E-state index is 11.6. The van der Waals surface area contributed by atoms with Crippen molar-refractivity contribution in [3.8, 4) is 0 Å². The lowest BCUT2D eigenvalue weighted by atomic mass is 9.49. The number of hydrogen-bond donors (Lipinski definition) is 2. The molecule has 0 bridgehead atoms. The van der Waals surface area contributed by atoms with Crippen LogP contribution in [0.4, 0.5) is 0 Å². The van der Waals surface area contributed by atoms with Gasteiger partial charge in [0.1, 0.15) is 0 Å². The number of hydrogen-bond acceptors (Lipinski definition) is 2. The van der Waals surface area contributed by atoms with Gasteiger partial charge in [0.05, 0.1) is 11.7 Å². The van der Waals surface area contributed by atoms with E-state index in [1.807, 2.05) is 0 Å². The van der Waals surface area contributed by atoms with E-state index in [0.717, 1.165) is 25.7 Å². The van der Waals surface area contributed by atoms with Gasteiger partial charge in [-0.15, -0.1) is 0 Å². The molecular weight excluding hydrogens is 368 g/mol. The molecule has 30 heavy (non-hydrogen) atoms. The molecule has 4 aliphatic rings. The fourth-order valence-corrected chi connectivity index (χ4v) is 7.63. The van der Waals surface area contributed by atoms with Crippen LogP contribution in [0.5, 0.6) is 0 Å². The highest BCUT2D eigenvalue weighted by Crippen LogP contribution is 2.66. The summed E-state index contributed by atoms with van der Waals surface area (Å²) < 4.78 is 0. The normalized spacial score (nSPS) is 44.0. The van der Waals surface area contributed by atoms with E-state index in [1.165, 1.54) is 24.8 Å². The van der Waals surface area contributed by atoms with E-state index < -0.39 is 5.60 Å². The lowest BCUT2D eigenvalue weighted by molar-refractivity contribution is -0.0363. The van der Waals surface area contributed by atoms with Gasteiger partial charge in [0.25, 0.3) is 0 Å². The average Bonchev–Trinajstić information content (AvgIpc) is 3.04. The van der Waals surface area contributed by atoms with Crippen LogP contribution in [0.15, 0.2) is 35.5 Å². The second-order valence-electron chi connectivity index (χ2n) is 12.1. The second-order valence-corrected chi connectivity index (χ2v) is 12.1. The van der Waals surface area contributed by atoms with E-state index in [4.69, 9.17) is 0 Å². The highest BCUT2D eigenvalue weighted by molar-refractivity contribution is 5.39. The SMILES string of the molecule is CC(C)[C@@H](C)C=C[C@@](C)(O)[C@H]1CC[C@H]2C3=CC=C4C[C@@H](O)CC[C@]4(C)[C@H]3CC[C@@]21C. The van der Waals surface area contributed by atoms with E-state index >= 15 is 0 Å². The molecule has 8 atom stereocenters. The van der Waals surface area contributed by atoms with Gasteiger partial charge in [-0.05, 0) is 92.3 Å². The minimum Gasteiger partial charge on any atom is -0.393 e. The summed E-state index contributed by atoms with van der Waals surface area (Å²) in [6, 6.07) is 0. The highest BCUT2D eigenvalue weighted by atomic mass is 16.3. The van der Waals surface area contributed by atoms with Gasteiger partial charge in [-0.3, -0.25) is 0 Å². The summed E-state index contributed by atoms with van der Waals surface area (Å²) in [5, 5.41) is 21.8. The van der Waals surface area contributed by atoms with Gasteiger partial charge < -0.3 is 10.2 Å². The summed E-state index contributed by atoms with van der Waals surface area (Å²) >= 11 is 0. The lowest BCUT2D eigenvalue weighted by Gasteiger charge is -2.55. The van der Waals surface area contributed by atoms with Gasteiger partial charge in [0, 0.05) is 0 Å². The number of aliphatic hydroxyl groups excluding tert-OH is 1. The molecule has 0 spiro atoms. The Kier molecular flexibility index (Phi) is 5.68. The third-order valence-electron chi connectivity index (χ3n) is 10.0. The van der Waals surface area contributed by atoms with Crippen LogP contribution in [0, 0.1) is 40.4 Å². The number of aliphatic hydroxyl groups is 2. The predicted molar refractivity (Wildman–Crippen MR) is 125 cm³/mol. The third-order valence-corrected chi connectivity index (χ3v) is 10.0. The average molecular weight is 413 g/mol. The molecule has 2 nitrogen and oxygen atoms in total. The van der Waals surface area contributed by atoms with Crippen molar-refractivity contribution in [2.45, 2.75) is 98.2 Å². The van der Waals surface area contributed by atoms with Crippen LogP contribution in [0.1, 0.15) is 86.5 Å². The molecule has 0 aromatic heterocycles. The van der Waals surface area contributed by atoms with Crippen LogP contribution in [0.25, 0.3) is 0 Å². The molecule has 0 aromatic rings. The molecule has 4 rings (SSSR count). The topological polar surface area (TPSA) is 40.5 Å². The van der Waals surface area contributed by atoms with Crippen LogP contribution in [-0.4, -0.2) is 21.9 Å². The van der Waals surface area contributed by atoms with E-state index in [-0.39, 0.29) is 16.9 Å². The molecule has 0 radical (unpaired) electrons. The zero-order valence-corrected chi connectivity index (χ0v) is 20.1. The van der Waals surface area contributed by atoms with Crippen molar-refractivity contribution in [3.05, 3.63) is 35.5 Å². The molecule has 0 saturated heterocycles. The van der Waals surface area contributed by atoms with Gasteiger partial charge in [0.15, 0.2) is 0 Å². The molecular formula is C28H44O2. The van der Waals surface area contributed by atoms with Gasteiger partial charge in [-0.25, -0.2) is 0 Å². The fraction of sp³-hybridized carbons (Fsp3) is 0.786. The standard InChI is InChI=1S/C28H44O2/c1-18(2)19(3)11-16-28(6,30)25-10-9-23-22-8-7-20-17-21(29)12-14-26(20,4)24(22)13-15-27(23,25)5/h7-8,11,16,18-19,21,23-25,29-30H,9-10,12-15,17H2,1-6H3/t19-,21-,23-,24-,25-,26-,27-,28+/m0/s1. The monoisotopic (exact) mass is 412 g/mol. The summed E-state index contributed by atoms with van der Waals surface area (Å²) in [7, 11) is 0. The Bertz CT molecular complexity index is 757. The zero-order valence-electron chi connectivity index (χ0n) is 20.1. The van der Waals surface area contributed by atoms with Crippen LogP contribution in [-0.2, 0) is 0 Å². The zero-order chi connectivity index (χ0) is 21.9. The minimum absolute atomic E-state index is 0.154. The first kappa shape index (κ1) is 22.3. The van der Waals surface area contributed by atoms with E-state index in [1.54, 1.807) is 5.57 Å². The molecule has 2 heteroatoms. The van der Waals surface area contributed by atoms with Crippen molar-refractivity contribution in [2.24, 2.45) is 40.4 Å². The van der Waals surface area contributed by atoms with E-state index in [2.05, 4.69) is 65.8 Å². The molecule has 0 amide bonds. The Labute approximate surface area is 184 Å². The molecule has 2 N–H and O–H groups in total. The van der Waals surface area contributed by atoms with Crippen molar-refractivity contribution in [3.63, 3.8) is 0 Å². The van der Waals surface area contributed by atoms with Crippen LogP contribution < -0.4 is 0 Å². The summed E-state index contributed by atoms with van der Waals surface area (Å²) in [5.74, 6) is 2.62. The first-order valence-corrected chi connectivity index (χ1v) is 12.5. The van der Waals surface area contributed by atoms with Gasteiger partial charge in [-0.2, -0.15) is 0 Å².